The van der Waals surface area contributed by atoms with Crippen LogP contribution in [0.1, 0.15) is 27.6 Å². The third-order valence-electron chi connectivity index (χ3n) is 3.97. The molecule has 32 heavy (non-hydrogen) atoms. The van der Waals surface area contributed by atoms with E-state index in [1.165, 1.54) is 30.2 Å². The second kappa shape index (κ2) is 11.3. The molecule has 0 aliphatic rings. The van der Waals surface area contributed by atoms with Gasteiger partial charge in [0.2, 0.25) is 11.0 Å². The number of hydrogen-bond donors (Lipinski definition) is 2. The Kier molecular flexibility index (Phi) is 8.17. The van der Waals surface area contributed by atoms with E-state index in [-0.39, 0.29) is 17.6 Å². The number of hydrogen-bond acceptors (Lipinski definition) is 9. The van der Waals surface area contributed by atoms with Gasteiger partial charge in [0.15, 0.2) is 4.34 Å². The zero-order chi connectivity index (χ0) is 22.9. The van der Waals surface area contributed by atoms with Crippen molar-refractivity contribution in [1.82, 2.24) is 10.2 Å². The molecule has 11 heteroatoms. The van der Waals surface area contributed by atoms with Crippen molar-refractivity contribution in [3.05, 3.63) is 59.7 Å². The predicted molar refractivity (Wildman–Crippen MR) is 123 cm³/mol. The number of thioether (sulfide) groups is 1. The minimum absolute atomic E-state index is 0.109. The smallest absolute Gasteiger partial charge is 0.338 e. The first-order chi connectivity index (χ1) is 15.5. The molecule has 0 atom stereocenters. The van der Waals surface area contributed by atoms with E-state index < -0.39 is 5.97 Å². The summed E-state index contributed by atoms with van der Waals surface area (Å²) in [4.78, 5) is 36.2. The first-order valence-corrected chi connectivity index (χ1v) is 11.3. The number of methoxy groups -OCH3 is 1. The average Bonchev–Trinajstić information content (AvgIpc) is 3.25. The van der Waals surface area contributed by atoms with Gasteiger partial charge >= 0.3 is 5.97 Å². The van der Waals surface area contributed by atoms with Gasteiger partial charge in [0, 0.05) is 11.3 Å². The van der Waals surface area contributed by atoms with Gasteiger partial charge in [-0.05, 0) is 49.4 Å². The molecule has 3 rings (SSSR count). The van der Waals surface area contributed by atoms with Gasteiger partial charge in [0.1, 0.15) is 5.75 Å². The van der Waals surface area contributed by atoms with Crippen molar-refractivity contribution >= 4 is 51.7 Å². The van der Waals surface area contributed by atoms with Crippen LogP contribution >= 0.6 is 23.1 Å². The Morgan fingerprint density at radius 1 is 1.03 bits per heavy atom. The molecule has 1 heterocycles. The lowest BCUT2D eigenvalue weighted by atomic mass is 10.2. The largest absolute Gasteiger partial charge is 0.497 e. The van der Waals surface area contributed by atoms with E-state index >= 15 is 0 Å². The minimum Gasteiger partial charge on any atom is -0.497 e. The summed E-state index contributed by atoms with van der Waals surface area (Å²) >= 11 is 2.37. The lowest BCUT2D eigenvalue weighted by Gasteiger charge is -2.06. The zero-order valence-corrected chi connectivity index (χ0v) is 18.9. The third-order valence-corrected chi connectivity index (χ3v) is 5.94. The monoisotopic (exact) mass is 472 g/mol. The molecule has 0 saturated heterocycles. The number of carbonyl (C=O) groups is 3. The van der Waals surface area contributed by atoms with Gasteiger partial charge in [-0.2, -0.15) is 0 Å². The van der Waals surface area contributed by atoms with Crippen LogP contribution in [0.5, 0.6) is 5.75 Å². The Hall–Kier alpha value is -3.44. The predicted octanol–water partition coefficient (Wildman–Crippen LogP) is 3.71. The van der Waals surface area contributed by atoms with E-state index in [9.17, 15) is 14.4 Å². The van der Waals surface area contributed by atoms with E-state index in [0.29, 0.717) is 38.6 Å². The summed E-state index contributed by atoms with van der Waals surface area (Å²) in [5, 5.41) is 13.7. The maximum atomic E-state index is 12.3. The summed E-state index contributed by atoms with van der Waals surface area (Å²) in [6, 6.07) is 13.2. The third kappa shape index (κ3) is 6.53. The first-order valence-electron chi connectivity index (χ1n) is 9.47. The van der Waals surface area contributed by atoms with Crippen molar-refractivity contribution < 1.29 is 23.9 Å². The number of anilines is 2. The molecule has 0 fully saturated rings. The number of nitrogens with zero attached hydrogens (tertiary/aromatic N) is 2. The molecule has 2 aromatic carbocycles. The second-order valence-corrected chi connectivity index (χ2v) is 8.39. The number of aromatic nitrogens is 2. The first kappa shape index (κ1) is 23.2. The van der Waals surface area contributed by atoms with Crippen LogP contribution in [0.25, 0.3) is 0 Å². The van der Waals surface area contributed by atoms with Crippen molar-refractivity contribution in [1.29, 1.82) is 0 Å². The maximum absolute atomic E-state index is 12.3. The van der Waals surface area contributed by atoms with Crippen LogP contribution in [0.4, 0.5) is 10.8 Å². The molecular formula is C21H20N4O5S2. The van der Waals surface area contributed by atoms with Crippen molar-refractivity contribution in [3.8, 4) is 5.75 Å². The molecule has 166 valence electrons. The van der Waals surface area contributed by atoms with Gasteiger partial charge < -0.3 is 14.8 Å². The lowest BCUT2D eigenvalue weighted by Crippen LogP contribution is -2.14. The average molecular weight is 473 g/mol. The molecule has 0 radical (unpaired) electrons. The molecule has 3 aromatic rings. The SMILES string of the molecule is CCOC(=O)c1ccc(NC(=O)CSc2nnc(NC(=O)c3cccc(OC)c3)s2)cc1. The topological polar surface area (TPSA) is 120 Å². The standard InChI is InChI=1S/C21H20N4O5S2/c1-3-30-19(28)13-7-9-15(10-8-13)22-17(26)12-31-21-25-24-20(32-21)23-18(27)14-5-4-6-16(11-14)29-2/h4-11H,3,12H2,1-2H3,(H,22,26)(H,23,24,27). The highest BCUT2D eigenvalue weighted by Gasteiger charge is 2.13. The minimum atomic E-state index is -0.411. The van der Waals surface area contributed by atoms with E-state index in [0.717, 1.165) is 0 Å². The number of amides is 2. The molecule has 0 spiro atoms. The highest BCUT2D eigenvalue weighted by Crippen LogP contribution is 2.26. The highest BCUT2D eigenvalue weighted by molar-refractivity contribution is 8.01. The molecule has 0 bridgehead atoms. The Bertz CT molecular complexity index is 1100. The van der Waals surface area contributed by atoms with Crippen molar-refractivity contribution in [2.24, 2.45) is 0 Å². The number of esters is 1. The van der Waals surface area contributed by atoms with Crippen LogP contribution in [-0.2, 0) is 9.53 Å². The quantitative estimate of drug-likeness (QED) is 0.275. The van der Waals surface area contributed by atoms with Gasteiger partial charge in [-0.25, -0.2) is 4.79 Å². The number of benzene rings is 2. The fraction of sp³-hybridized carbons (Fsp3) is 0.190. The molecule has 0 aliphatic carbocycles. The van der Waals surface area contributed by atoms with Crippen LogP contribution in [0.2, 0.25) is 0 Å². The molecule has 2 amide bonds. The summed E-state index contributed by atoms with van der Waals surface area (Å²) in [6.07, 6.45) is 0. The molecule has 1 aromatic heterocycles. The van der Waals surface area contributed by atoms with Gasteiger partial charge in [-0.15, -0.1) is 10.2 Å². The fourth-order valence-corrected chi connectivity index (χ4v) is 4.03. The Labute approximate surface area is 192 Å². The van der Waals surface area contributed by atoms with Crippen molar-refractivity contribution in [2.75, 3.05) is 30.1 Å². The van der Waals surface area contributed by atoms with Crippen LogP contribution in [0.15, 0.2) is 52.9 Å². The maximum Gasteiger partial charge on any atom is 0.338 e. The van der Waals surface area contributed by atoms with Gasteiger partial charge in [-0.3, -0.25) is 14.9 Å². The molecule has 0 aliphatic heterocycles. The van der Waals surface area contributed by atoms with Gasteiger partial charge in [-0.1, -0.05) is 29.2 Å². The van der Waals surface area contributed by atoms with Gasteiger partial charge in [0.05, 0.1) is 25.0 Å². The van der Waals surface area contributed by atoms with Crippen LogP contribution in [0.3, 0.4) is 0 Å². The molecule has 0 saturated carbocycles. The van der Waals surface area contributed by atoms with E-state index in [1.54, 1.807) is 55.5 Å². The Morgan fingerprint density at radius 3 is 2.53 bits per heavy atom. The summed E-state index contributed by atoms with van der Waals surface area (Å²) < 4.78 is 10.6. The van der Waals surface area contributed by atoms with Crippen molar-refractivity contribution in [3.63, 3.8) is 0 Å². The van der Waals surface area contributed by atoms with E-state index in [4.69, 9.17) is 9.47 Å². The van der Waals surface area contributed by atoms with Gasteiger partial charge in [0.25, 0.3) is 5.91 Å². The van der Waals surface area contributed by atoms with Crippen molar-refractivity contribution in [2.45, 2.75) is 11.3 Å². The summed E-state index contributed by atoms with van der Waals surface area (Å²) in [5.41, 5.74) is 1.41. The number of ether oxygens (including phenoxy) is 2. The summed E-state index contributed by atoms with van der Waals surface area (Å²) in [6.45, 7) is 2.03. The summed E-state index contributed by atoms with van der Waals surface area (Å²) in [7, 11) is 1.53. The normalized spacial score (nSPS) is 10.3. The van der Waals surface area contributed by atoms with Crippen LogP contribution in [0, 0.1) is 0 Å². The lowest BCUT2D eigenvalue weighted by molar-refractivity contribution is -0.113. The number of nitrogens with one attached hydrogen (secondary N) is 2. The van der Waals surface area contributed by atoms with Crippen LogP contribution in [-0.4, -0.2) is 47.5 Å². The Morgan fingerprint density at radius 2 is 1.81 bits per heavy atom. The highest BCUT2D eigenvalue weighted by atomic mass is 32.2. The number of rotatable bonds is 9. The second-order valence-electron chi connectivity index (χ2n) is 6.19. The molecular weight excluding hydrogens is 452 g/mol. The fourth-order valence-electron chi connectivity index (χ4n) is 2.48. The van der Waals surface area contributed by atoms with E-state index in [2.05, 4.69) is 20.8 Å². The molecule has 9 nitrogen and oxygen atoms in total. The molecule has 0 unspecified atom stereocenters. The van der Waals surface area contributed by atoms with Crippen LogP contribution < -0.4 is 15.4 Å². The van der Waals surface area contributed by atoms with E-state index in [1.807, 2.05) is 0 Å². The zero-order valence-electron chi connectivity index (χ0n) is 17.3. The number of carbonyl (C=O) groups excluding carboxylic acids is 3. The Balaban J connectivity index is 1.48. The molecule has 2 N–H and O–H groups in total. The summed E-state index contributed by atoms with van der Waals surface area (Å²) in [5.74, 6) is -0.297.